The number of methoxy groups -OCH3 is 1. The fourth-order valence-electron chi connectivity index (χ4n) is 5.55. The predicted octanol–water partition coefficient (Wildman–Crippen LogP) is 6.45. The predicted molar refractivity (Wildman–Crippen MR) is 184 cm³/mol. The zero-order valence-electron chi connectivity index (χ0n) is 27.3. The molecule has 0 aliphatic carbocycles. The molecule has 1 unspecified atom stereocenters. The maximum absolute atomic E-state index is 13.8. The molecular formula is C35H35ClF3N7O3. The normalized spacial score (nSPS) is 12.2. The summed E-state index contributed by atoms with van der Waals surface area (Å²) < 4.78 is 48.0. The number of likely N-dealkylation sites (N-methyl/N-ethyl adjacent to an activating group) is 1. The Morgan fingerprint density at radius 1 is 1.06 bits per heavy atom. The van der Waals surface area contributed by atoms with Crippen LogP contribution in [0.1, 0.15) is 29.7 Å². The standard InChI is InChI=1S/C35H35ClF3N7O3/c1-20-24(9-6-12-27(20)43-32-30-22(18-42-46(3)34(30)48)16-29(45-32)35(37,38)39)25-10-5-11-26(31(25)36)28-14-13-21(33(44-28)49-4)17-41-19-23(40-2)8-7-15-47/h5-6,9-16,18,23,40-41H,7-8,17,19H2,1-4H3,(H,43,45). The van der Waals surface area contributed by atoms with Gasteiger partial charge in [0.2, 0.25) is 5.88 Å². The van der Waals surface area contributed by atoms with Crippen LogP contribution < -0.4 is 26.2 Å². The number of hydrogen-bond acceptors (Lipinski definition) is 9. The molecule has 49 heavy (non-hydrogen) atoms. The second-order valence-corrected chi connectivity index (χ2v) is 11.8. The van der Waals surface area contributed by atoms with E-state index in [-0.39, 0.29) is 22.6 Å². The number of aldehydes is 1. The van der Waals surface area contributed by atoms with Gasteiger partial charge in [0.05, 0.1) is 29.4 Å². The van der Waals surface area contributed by atoms with Crippen LogP contribution in [-0.2, 0) is 24.6 Å². The Kier molecular flexibility index (Phi) is 11.0. The maximum Gasteiger partial charge on any atom is 0.433 e. The number of nitrogens with zero attached hydrogens (tertiary/aromatic N) is 4. The van der Waals surface area contributed by atoms with E-state index >= 15 is 0 Å². The zero-order chi connectivity index (χ0) is 35.3. The number of hydrogen-bond donors (Lipinski definition) is 3. The van der Waals surface area contributed by atoms with Gasteiger partial charge in [0.1, 0.15) is 17.8 Å². The minimum Gasteiger partial charge on any atom is -0.481 e. The first kappa shape index (κ1) is 35.5. The summed E-state index contributed by atoms with van der Waals surface area (Å²) in [4.78, 5) is 32.3. The highest BCUT2D eigenvalue weighted by Crippen LogP contribution is 2.40. The number of carbonyl (C=O) groups is 1. The van der Waals surface area contributed by atoms with Crippen LogP contribution in [0.5, 0.6) is 5.88 Å². The molecule has 256 valence electrons. The van der Waals surface area contributed by atoms with Crippen molar-refractivity contribution in [3.63, 3.8) is 0 Å². The Labute approximate surface area is 285 Å². The monoisotopic (exact) mass is 693 g/mol. The number of ether oxygens (including phenoxy) is 1. The first-order valence-electron chi connectivity index (χ1n) is 15.4. The Bertz CT molecular complexity index is 2050. The molecule has 0 bridgehead atoms. The number of halogens is 4. The lowest BCUT2D eigenvalue weighted by Gasteiger charge is -2.18. The van der Waals surface area contributed by atoms with Crippen LogP contribution in [0.3, 0.4) is 0 Å². The van der Waals surface area contributed by atoms with Gasteiger partial charge in [-0.1, -0.05) is 48.0 Å². The minimum atomic E-state index is -4.74. The van der Waals surface area contributed by atoms with Crippen molar-refractivity contribution in [1.82, 2.24) is 30.4 Å². The molecule has 14 heteroatoms. The molecule has 1 atom stereocenters. The number of aryl methyl sites for hydroxylation is 1. The molecule has 3 heterocycles. The Morgan fingerprint density at radius 2 is 1.80 bits per heavy atom. The molecule has 0 amide bonds. The summed E-state index contributed by atoms with van der Waals surface area (Å²) in [7, 11) is 4.82. The van der Waals surface area contributed by atoms with Gasteiger partial charge in [-0.15, -0.1) is 0 Å². The molecule has 0 saturated carbocycles. The fraction of sp³-hybridized carbons (Fsp3) is 0.286. The summed E-state index contributed by atoms with van der Waals surface area (Å²) >= 11 is 7.03. The maximum atomic E-state index is 13.8. The first-order chi connectivity index (χ1) is 23.5. The number of alkyl halides is 3. The number of carbonyl (C=O) groups excluding carboxylic acids is 1. The van der Waals surface area contributed by atoms with Crippen molar-refractivity contribution in [2.45, 2.75) is 38.5 Å². The molecular weight excluding hydrogens is 659 g/mol. The van der Waals surface area contributed by atoms with E-state index in [1.807, 2.05) is 43.4 Å². The lowest BCUT2D eigenvalue weighted by atomic mass is 9.96. The van der Waals surface area contributed by atoms with Gasteiger partial charge in [0.15, 0.2) is 0 Å². The molecule has 2 aromatic carbocycles. The zero-order valence-corrected chi connectivity index (χ0v) is 28.0. The topological polar surface area (TPSA) is 123 Å². The van der Waals surface area contributed by atoms with Crippen molar-refractivity contribution < 1.29 is 22.7 Å². The van der Waals surface area contributed by atoms with Gasteiger partial charge in [0.25, 0.3) is 5.56 Å². The van der Waals surface area contributed by atoms with Crippen molar-refractivity contribution >= 4 is 40.2 Å². The Morgan fingerprint density at radius 3 is 2.51 bits per heavy atom. The van der Waals surface area contributed by atoms with Gasteiger partial charge >= 0.3 is 6.18 Å². The summed E-state index contributed by atoms with van der Waals surface area (Å²) in [5.41, 5.74) is 2.83. The third-order valence-corrected chi connectivity index (χ3v) is 8.66. The van der Waals surface area contributed by atoms with Crippen LogP contribution in [0, 0.1) is 6.92 Å². The van der Waals surface area contributed by atoms with Gasteiger partial charge in [0, 0.05) is 60.4 Å². The van der Waals surface area contributed by atoms with Crippen molar-refractivity contribution in [1.29, 1.82) is 0 Å². The molecule has 0 spiro atoms. The van der Waals surface area contributed by atoms with Crippen molar-refractivity contribution in [3.8, 4) is 28.3 Å². The highest BCUT2D eigenvalue weighted by atomic mass is 35.5. The van der Waals surface area contributed by atoms with Crippen LogP contribution in [0.25, 0.3) is 33.2 Å². The van der Waals surface area contributed by atoms with E-state index in [0.29, 0.717) is 64.0 Å². The van der Waals surface area contributed by atoms with E-state index in [1.165, 1.54) is 13.2 Å². The third kappa shape index (κ3) is 7.74. The summed E-state index contributed by atoms with van der Waals surface area (Å²) in [5, 5.41) is 13.8. The highest BCUT2D eigenvalue weighted by Gasteiger charge is 2.34. The molecule has 3 N–H and O–H groups in total. The summed E-state index contributed by atoms with van der Waals surface area (Å²) in [6.45, 7) is 2.96. The van der Waals surface area contributed by atoms with E-state index < -0.39 is 17.4 Å². The number of benzene rings is 2. The van der Waals surface area contributed by atoms with Crippen molar-refractivity contribution in [3.05, 3.63) is 93.0 Å². The second-order valence-electron chi connectivity index (χ2n) is 11.4. The Balaban J connectivity index is 1.47. The number of fused-ring (bicyclic) bond motifs is 1. The number of rotatable bonds is 13. The first-order valence-corrected chi connectivity index (χ1v) is 15.8. The van der Waals surface area contributed by atoms with E-state index in [1.54, 1.807) is 26.2 Å². The van der Waals surface area contributed by atoms with Crippen LogP contribution in [0.4, 0.5) is 24.7 Å². The molecule has 5 rings (SSSR count). The van der Waals surface area contributed by atoms with E-state index in [0.717, 1.165) is 29.0 Å². The average molecular weight is 694 g/mol. The number of anilines is 2. The lowest BCUT2D eigenvalue weighted by molar-refractivity contribution is -0.141. The quantitative estimate of drug-likeness (QED) is 0.120. The van der Waals surface area contributed by atoms with Crippen LogP contribution in [0.2, 0.25) is 5.02 Å². The van der Waals surface area contributed by atoms with Crippen molar-refractivity contribution in [2.24, 2.45) is 7.05 Å². The Hall–Kier alpha value is -4.85. The second kappa shape index (κ2) is 15.1. The van der Waals surface area contributed by atoms with E-state index in [2.05, 4.69) is 26.0 Å². The van der Waals surface area contributed by atoms with Crippen LogP contribution >= 0.6 is 11.6 Å². The van der Waals surface area contributed by atoms with Gasteiger partial charge in [-0.2, -0.15) is 18.3 Å². The van der Waals surface area contributed by atoms with Crippen LogP contribution in [-0.4, -0.2) is 52.8 Å². The molecule has 3 aromatic heterocycles. The van der Waals surface area contributed by atoms with E-state index in [4.69, 9.17) is 21.3 Å². The summed E-state index contributed by atoms with van der Waals surface area (Å²) in [6.07, 6.45) is -1.42. The smallest absolute Gasteiger partial charge is 0.433 e. The number of pyridine rings is 2. The molecule has 0 aliphatic rings. The van der Waals surface area contributed by atoms with Gasteiger partial charge in [-0.25, -0.2) is 14.6 Å². The average Bonchev–Trinajstić information content (AvgIpc) is 3.08. The highest BCUT2D eigenvalue weighted by molar-refractivity contribution is 6.36. The SMILES string of the molecule is CNC(CCC=O)CNCc1ccc(-c2cccc(-c3cccc(Nc4nc(C(F)(F)F)cc5cnn(C)c(=O)c45)c3C)c2Cl)nc1OC. The fourth-order valence-corrected chi connectivity index (χ4v) is 5.87. The molecule has 5 aromatic rings. The lowest BCUT2D eigenvalue weighted by Crippen LogP contribution is -2.36. The molecule has 0 fully saturated rings. The van der Waals surface area contributed by atoms with Gasteiger partial charge in [-0.3, -0.25) is 4.79 Å². The third-order valence-electron chi connectivity index (χ3n) is 8.25. The molecule has 0 aliphatic heterocycles. The van der Waals surface area contributed by atoms with Gasteiger partial charge in [-0.05, 0) is 49.7 Å². The summed E-state index contributed by atoms with van der Waals surface area (Å²) in [5.74, 6) is 0.200. The van der Waals surface area contributed by atoms with Gasteiger partial charge < -0.3 is 25.5 Å². The molecule has 0 radical (unpaired) electrons. The molecule has 10 nitrogen and oxygen atoms in total. The summed E-state index contributed by atoms with van der Waals surface area (Å²) in [6, 6.07) is 15.5. The molecule has 0 saturated heterocycles. The minimum absolute atomic E-state index is 0.0129. The van der Waals surface area contributed by atoms with Crippen LogP contribution in [0.15, 0.2) is 65.6 Å². The number of nitrogens with one attached hydrogen (secondary N) is 3. The van der Waals surface area contributed by atoms with Crippen molar-refractivity contribution in [2.75, 3.05) is 26.0 Å². The largest absolute Gasteiger partial charge is 0.481 e. The van der Waals surface area contributed by atoms with E-state index in [9.17, 15) is 22.8 Å². The number of aromatic nitrogens is 4.